The van der Waals surface area contributed by atoms with Gasteiger partial charge in [-0.3, -0.25) is 9.89 Å². The molecule has 2 heterocycles. The van der Waals surface area contributed by atoms with Gasteiger partial charge in [0.1, 0.15) is 18.2 Å². The van der Waals surface area contributed by atoms with Crippen LogP contribution < -0.4 is 15.8 Å². The quantitative estimate of drug-likeness (QED) is 0.622. The van der Waals surface area contributed by atoms with Crippen LogP contribution in [0, 0.1) is 0 Å². The average molecular weight is 311 g/mol. The Kier molecular flexibility index (Phi) is 4.09. The molecule has 4 N–H and O–H groups in total. The molecule has 0 fully saturated rings. The van der Waals surface area contributed by atoms with Crippen LogP contribution in [0.25, 0.3) is 22.2 Å². The maximum atomic E-state index is 10.9. The van der Waals surface area contributed by atoms with Crippen molar-refractivity contribution in [1.82, 2.24) is 20.5 Å². The van der Waals surface area contributed by atoms with Crippen LogP contribution in [0.4, 0.5) is 5.82 Å². The number of aromatic amines is 1. The van der Waals surface area contributed by atoms with Gasteiger partial charge in [0.05, 0.1) is 17.8 Å². The first-order valence-electron chi connectivity index (χ1n) is 7.21. The monoisotopic (exact) mass is 311 g/mol. The fraction of sp³-hybridized carbons (Fsp3) is 0.188. The minimum Gasteiger partial charge on any atom is -0.491 e. The van der Waals surface area contributed by atoms with Crippen molar-refractivity contribution in [3.63, 3.8) is 0 Å². The average Bonchev–Trinajstić information content (AvgIpc) is 3.04. The summed E-state index contributed by atoms with van der Waals surface area (Å²) in [6, 6.07) is 9.41. The van der Waals surface area contributed by atoms with E-state index in [0.717, 1.165) is 22.2 Å². The molecule has 3 aromatic rings. The number of benzene rings is 1. The molecule has 1 amide bonds. The highest BCUT2D eigenvalue weighted by molar-refractivity contribution is 5.90. The van der Waals surface area contributed by atoms with Gasteiger partial charge in [-0.2, -0.15) is 5.10 Å². The Morgan fingerprint density at radius 1 is 1.35 bits per heavy atom. The predicted octanol–water partition coefficient (Wildman–Crippen LogP) is 1.72. The van der Waals surface area contributed by atoms with Crippen molar-refractivity contribution in [3.05, 3.63) is 36.5 Å². The van der Waals surface area contributed by atoms with Gasteiger partial charge in [-0.25, -0.2) is 4.98 Å². The second-order valence-electron chi connectivity index (χ2n) is 5.08. The molecule has 0 aliphatic carbocycles. The molecule has 0 radical (unpaired) electrons. The molecule has 0 bridgehead atoms. The summed E-state index contributed by atoms with van der Waals surface area (Å²) in [5.74, 6) is 0.944. The minimum atomic E-state index is -0.0862. The summed E-state index contributed by atoms with van der Waals surface area (Å²) in [6.07, 6.45) is 1.70. The molecular weight excluding hydrogens is 294 g/mol. The van der Waals surface area contributed by atoms with Crippen LogP contribution in [0.1, 0.15) is 6.92 Å². The maximum absolute atomic E-state index is 10.9. The number of carbonyl (C=O) groups excluding carboxylic acids is 1. The maximum Gasteiger partial charge on any atom is 0.216 e. The van der Waals surface area contributed by atoms with Crippen LogP contribution >= 0.6 is 0 Å². The molecule has 3 rings (SSSR count). The SMILES string of the molecule is CC(=O)NCCOc1cc(N)nc2cc(-c3ccn[nH]3)ccc12. The molecule has 7 heteroatoms. The first kappa shape index (κ1) is 14.8. The molecule has 0 aliphatic rings. The number of nitrogens with zero attached hydrogens (tertiary/aromatic N) is 2. The van der Waals surface area contributed by atoms with E-state index in [2.05, 4.69) is 20.5 Å². The van der Waals surface area contributed by atoms with Crippen LogP contribution in [0.3, 0.4) is 0 Å². The summed E-state index contributed by atoms with van der Waals surface area (Å²) in [7, 11) is 0. The van der Waals surface area contributed by atoms with E-state index < -0.39 is 0 Å². The third-order valence-electron chi connectivity index (χ3n) is 3.34. The lowest BCUT2D eigenvalue weighted by Gasteiger charge is -2.11. The molecule has 2 aromatic heterocycles. The van der Waals surface area contributed by atoms with Crippen LogP contribution in [-0.2, 0) is 4.79 Å². The Labute approximate surface area is 132 Å². The number of ether oxygens (including phenoxy) is 1. The van der Waals surface area contributed by atoms with Gasteiger partial charge < -0.3 is 15.8 Å². The molecule has 0 atom stereocenters. The third-order valence-corrected chi connectivity index (χ3v) is 3.34. The van der Waals surface area contributed by atoms with E-state index >= 15 is 0 Å². The van der Waals surface area contributed by atoms with Gasteiger partial charge in [0.15, 0.2) is 0 Å². The highest BCUT2D eigenvalue weighted by atomic mass is 16.5. The van der Waals surface area contributed by atoms with Gasteiger partial charge in [-0.1, -0.05) is 6.07 Å². The lowest BCUT2D eigenvalue weighted by molar-refractivity contribution is -0.119. The molecule has 23 heavy (non-hydrogen) atoms. The zero-order valence-electron chi connectivity index (χ0n) is 12.7. The van der Waals surface area contributed by atoms with Crippen LogP contribution in [0.15, 0.2) is 36.5 Å². The largest absolute Gasteiger partial charge is 0.491 e. The van der Waals surface area contributed by atoms with E-state index in [9.17, 15) is 4.79 Å². The number of anilines is 1. The summed E-state index contributed by atoms with van der Waals surface area (Å²) >= 11 is 0. The number of rotatable bonds is 5. The minimum absolute atomic E-state index is 0.0862. The third kappa shape index (κ3) is 3.39. The molecule has 0 aliphatic heterocycles. The van der Waals surface area contributed by atoms with Crippen molar-refractivity contribution in [2.75, 3.05) is 18.9 Å². The molecule has 0 saturated carbocycles. The van der Waals surface area contributed by atoms with E-state index in [1.165, 1.54) is 6.92 Å². The number of nitrogens with one attached hydrogen (secondary N) is 2. The number of fused-ring (bicyclic) bond motifs is 1. The summed E-state index contributed by atoms with van der Waals surface area (Å²) in [5.41, 5.74) is 8.48. The van der Waals surface area contributed by atoms with E-state index in [4.69, 9.17) is 10.5 Å². The van der Waals surface area contributed by atoms with Crippen molar-refractivity contribution in [1.29, 1.82) is 0 Å². The summed E-state index contributed by atoms with van der Waals surface area (Å²) < 4.78 is 5.73. The van der Waals surface area contributed by atoms with Gasteiger partial charge in [0.25, 0.3) is 0 Å². The number of H-pyrrole nitrogens is 1. The van der Waals surface area contributed by atoms with Crippen molar-refractivity contribution in [3.8, 4) is 17.0 Å². The number of nitrogen functional groups attached to an aromatic ring is 1. The van der Waals surface area contributed by atoms with Crippen molar-refractivity contribution < 1.29 is 9.53 Å². The first-order chi connectivity index (χ1) is 11.1. The number of hydrogen-bond acceptors (Lipinski definition) is 5. The molecular formula is C16H17N5O2. The number of aromatic nitrogens is 3. The number of nitrogens with two attached hydrogens (primary N) is 1. The Bertz CT molecular complexity index is 830. The Morgan fingerprint density at radius 3 is 2.96 bits per heavy atom. The summed E-state index contributed by atoms with van der Waals surface area (Å²) in [4.78, 5) is 15.2. The second-order valence-corrected chi connectivity index (χ2v) is 5.08. The summed E-state index contributed by atoms with van der Waals surface area (Å²) in [5, 5.41) is 10.4. The van der Waals surface area contributed by atoms with Crippen LogP contribution in [0.5, 0.6) is 5.75 Å². The number of amides is 1. The molecule has 7 nitrogen and oxygen atoms in total. The van der Waals surface area contributed by atoms with Crippen molar-refractivity contribution in [2.45, 2.75) is 6.92 Å². The van der Waals surface area contributed by atoms with Gasteiger partial charge in [-0.05, 0) is 18.2 Å². The van der Waals surface area contributed by atoms with Crippen LogP contribution in [-0.4, -0.2) is 34.2 Å². The second kappa shape index (κ2) is 6.35. The van der Waals surface area contributed by atoms with Gasteiger partial charge in [0, 0.05) is 30.1 Å². The highest BCUT2D eigenvalue weighted by Crippen LogP contribution is 2.29. The van der Waals surface area contributed by atoms with Gasteiger partial charge >= 0.3 is 0 Å². The topological polar surface area (TPSA) is 106 Å². The lowest BCUT2D eigenvalue weighted by Crippen LogP contribution is -2.25. The Morgan fingerprint density at radius 2 is 2.22 bits per heavy atom. The van der Waals surface area contributed by atoms with E-state index in [1.807, 2.05) is 24.3 Å². The normalized spacial score (nSPS) is 10.7. The fourth-order valence-corrected chi connectivity index (χ4v) is 2.31. The number of pyridine rings is 1. The predicted molar refractivity (Wildman–Crippen MR) is 87.9 cm³/mol. The van der Waals surface area contributed by atoms with Crippen molar-refractivity contribution in [2.24, 2.45) is 0 Å². The van der Waals surface area contributed by atoms with Crippen molar-refractivity contribution >= 4 is 22.6 Å². The Balaban J connectivity index is 1.88. The fourth-order valence-electron chi connectivity index (χ4n) is 2.31. The molecule has 0 spiro atoms. The zero-order valence-corrected chi connectivity index (χ0v) is 12.7. The van der Waals surface area contributed by atoms with E-state index in [-0.39, 0.29) is 5.91 Å². The highest BCUT2D eigenvalue weighted by Gasteiger charge is 2.08. The van der Waals surface area contributed by atoms with E-state index in [1.54, 1.807) is 12.3 Å². The zero-order chi connectivity index (χ0) is 16.2. The summed E-state index contributed by atoms with van der Waals surface area (Å²) in [6.45, 7) is 2.27. The Hall–Kier alpha value is -3.09. The standard InChI is InChI=1S/C16H17N5O2/c1-10(22)18-6-7-23-15-9-16(17)20-14-8-11(2-3-12(14)15)13-4-5-19-21-13/h2-5,8-9H,6-7H2,1H3,(H2,17,20)(H,18,22)(H,19,21). The van der Waals surface area contributed by atoms with E-state index in [0.29, 0.717) is 24.7 Å². The number of hydrogen-bond donors (Lipinski definition) is 3. The molecule has 0 saturated heterocycles. The van der Waals surface area contributed by atoms with Crippen LogP contribution in [0.2, 0.25) is 0 Å². The molecule has 1 aromatic carbocycles. The van der Waals surface area contributed by atoms with Gasteiger partial charge in [-0.15, -0.1) is 0 Å². The first-order valence-corrected chi connectivity index (χ1v) is 7.21. The van der Waals surface area contributed by atoms with Gasteiger partial charge in [0.2, 0.25) is 5.91 Å². The molecule has 118 valence electrons. The number of carbonyl (C=O) groups is 1. The molecule has 0 unspecified atom stereocenters. The smallest absolute Gasteiger partial charge is 0.216 e. The lowest BCUT2D eigenvalue weighted by atomic mass is 10.1.